The number of carbonyl (C=O) groups excluding carboxylic acids is 1. The van der Waals surface area contributed by atoms with E-state index in [9.17, 15) is 24.6 Å². The van der Waals surface area contributed by atoms with Gasteiger partial charge in [0.25, 0.3) is 5.91 Å². The number of rotatable bonds is 9. The van der Waals surface area contributed by atoms with E-state index in [1.54, 1.807) is 48.5 Å². The summed E-state index contributed by atoms with van der Waals surface area (Å²) in [4.78, 5) is 35.7. The Morgan fingerprint density at radius 3 is 2.34 bits per heavy atom. The van der Waals surface area contributed by atoms with Gasteiger partial charge in [0.05, 0.1) is 13.0 Å². The summed E-state index contributed by atoms with van der Waals surface area (Å²) < 4.78 is 1.20. The normalized spacial score (nSPS) is 11.7. The first-order chi connectivity index (χ1) is 15.2. The number of amides is 1. The molecule has 1 heterocycles. The maximum atomic E-state index is 12.8. The van der Waals surface area contributed by atoms with Gasteiger partial charge in [-0.15, -0.1) is 0 Å². The van der Waals surface area contributed by atoms with E-state index in [1.807, 2.05) is 0 Å². The molecule has 1 atom stereocenters. The fourth-order valence-electron chi connectivity index (χ4n) is 3.16. The SMILES string of the molecule is O=C(O)CC(Cc1ccccc1Cl)NC(=O)c1cc(C(=O)O)n(Cc2ccc(Cl)cc2)n1. The molecule has 10 heteroatoms. The van der Waals surface area contributed by atoms with Crippen LogP contribution in [0.1, 0.15) is 38.5 Å². The van der Waals surface area contributed by atoms with Crippen molar-refractivity contribution < 1.29 is 24.6 Å². The van der Waals surface area contributed by atoms with Crippen molar-refractivity contribution in [3.05, 3.63) is 87.2 Å². The largest absolute Gasteiger partial charge is 0.481 e. The van der Waals surface area contributed by atoms with Crippen LogP contribution in [0.15, 0.2) is 54.6 Å². The molecule has 166 valence electrons. The minimum absolute atomic E-state index is 0.115. The summed E-state index contributed by atoms with van der Waals surface area (Å²) in [6, 6.07) is 14.1. The summed E-state index contributed by atoms with van der Waals surface area (Å²) in [5.74, 6) is -3.02. The van der Waals surface area contributed by atoms with Gasteiger partial charge >= 0.3 is 11.9 Å². The van der Waals surface area contributed by atoms with Crippen LogP contribution in [0.25, 0.3) is 0 Å². The molecule has 8 nitrogen and oxygen atoms in total. The zero-order valence-corrected chi connectivity index (χ0v) is 18.2. The average molecular weight is 476 g/mol. The summed E-state index contributed by atoms with van der Waals surface area (Å²) in [5.41, 5.74) is 1.12. The molecule has 0 aliphatic rings. The summed E-state index contributed by atoms with van der Waals surface area (Å²) >= 11 is 12.0. The fourth-order valence-corrected chi connectivity index (χ4v) is 3.50. The number of aromatic nitrogens is 2. The van der Waals surface area contributed by atoms with E-state index in [4.69, 9.17) is 23.2 Å². The molecule has 0 spiro atoms. The lowest BCUT2D eigenvalue weighted by atomic mass is 10.0. The quantitative estimate of drug-likeness (QED) is 0.433. The van der Waals surface area contributed by atoms with E-state index < -0.39 is 23.9 Å². The fraction of sp³-hybridized carbons (Fsp3) is 0.182. The van der Waals surface area contributed by atoms with Gasteiger partial charge in [-0.1, -0.05) is 53.5 Å². The number of aliphatic carboxylic acids is 1. The molecule has 2 aromatic carbocycles. The van der Waals surface area contributed by atoms with Crippen molar-refractivity contribution in [1.82, 2.24) is 15.1 Å². The summed E-state index contributed by atoms with van der Waals surface area (Å²) in [6.45, 7) is 0.115. The highest BCUT2D eigenvalue weighted by Crippen LogP contribution is 2.18. The minimum atomic E-state index is -1.25. The maximum Gasteiger partial charge on any atom is 0.354 e. The Balaban J connectivity index is 1.81. The van der Waals surface area contributed by atoms with Crippen molar-refractivity contribution in [1.29, 1.82) is 0 Å². The predicted octanol–water partition coefficient (Wildman–Crippen LogP) is 3.75. The predicted molar refractivity (Wildman–Crippen MR) is 118 cm³/mol. The van der Waals surface area contributed by atoms with E-state index in [0.717, 1.165) is 11.6 Å². The number of nitrogens with one attached hydrogen (secondary N) is 1. The lowest BCUT2D eigenvalue weighted by molar-refractivity contribution is -0.137. The van der Waals surface area contributed by atoms with Gasteiger partial charge < -0.3 is 15.5 Å². The minimum Gasteiger partial charge on any atom is -0.481 e. The summed E-state index contributed by atoms with van der Waals surface area (Å²) in [7, 11) is 0. The first-order valence-corrected chi connectivity index (χ1v) is 10.3. The topological polar surface area (TPSA) is 122 Å². The summed E-state index contributed by atoms with van der Waals surface area (Å²) in [5, 5.41) is 26.5. The van der Waals surface area contributed by atoms with Gasteiger partial charge in [0.2, 0.25) is 0 Å². The van der Waals surface area contributed by atoms with Crippen molar-refractivity contribution in [2.45, 2.75) is 25.4 Å². The Bertz CT molecular complexity index is 1140. The molecule has 3 N–H and O–H groups in total. The molecule has 3 rings (SSSR count). The molecule has 1 unspecified atom stereocenters. The number of carboxylic acid groups (broad SMARTS) is 2. The third kappa shape index (κ3) is 6.09. The Hall–Kier alpha value is -3.36. The van der Waals surface area contributed by atoms with Crippen LogP contribution in [0.2, 0.25) is 10.0 Å². The van der Waals surface area contributed by atoms with Crippen LogP contribution in [-0.2, 0) is 17.8 Å². The van der Waals surface area contributed by atoms with Gasteiger partial charge in [-0.25, -0.2) is 4.79 Å². The van der Waals surface area contributed by atoms with E-state index >= 15 is 0 Å². The lowest BCUT2D eigenvalue weighted by Gasteiger charge is -2.17. The molecule has 3 aromatic rings. The van der Waals surface area contributed by atoms with Gasteiger partial charge in [-0.3, -0.25) is 14.3 Å². The molecule has 0 aliphatic heterocycles. The molecule has 0 saturated carbocycles. The lowest BCUT2D eigenvalue weighted by Crippen LogP contribution is -2.38. The maximum absolute atomic E-state index is 12.8. The Morgan fingerprint density at radius 2 is 1.72 bits per heavy atom. The van der Waals surface area contributed by atoms with Gasteiger partial charge in [-0.2, -0.15) is 5.10 Å². The second-order valence-corrected chi connectivity index (χ2v) is 7.91. The van der Waals surface area contributed by atoms with Crippen LogP contribution < -0.4 is 5.32 Å². The number of aromatic carboxylic acids is 1. The van der Waals surface area contributed by atoms with Crippen LogP contribution in [0.5, 0.6) is 0 Å². The number of halogens is 2. The van der Waals surface area contributed by atoms with E-state index in [1.165, 1.54) is 4.68 Å². The van der Waals surface area contributed by atoms with Gasteiger partial charge in [-0.05, 0) is 35.7 Å². The first-order valence-electron chi connectivity index (χ1n) is 9.54. The molecule has 0 radical (unpaired) electrons. The number of hydrogen-bond acceptors (Lipinski definition) is 4. The van der Waals surface area contributed by atoms with Gasteiger partial charge in [0.15, 0.2) is 5.69 Å². The molecule has 0 fully saturated rings. The Kier molecular flexibility index (Phi) is 7.50. The van der Waals surface area contributed by atoms with Gasteiger partial charge in [0.1, 0.15) is 5.69 Å². The van der Waals surface area contributed by atoms with Gasteiger partial charge in [0, 0.05) is 22.2 Å². The first kappa shape index (κ1) is 23.3. The van der Waals surface area contributed by atoms with E-state index in [2.05, 4.69) is 10.4 Å². The molecular formula is C22H19Cl2N3O5. The standard InChI is InChI=1S/C22H19Cl2N3O5/c23-15-7-5-13(6-8-15)12-27-19(22(31)32)11-18(26-27)21(30)25-16(10-20(28)29)9-14-3-1-2-4-17(14)24/h1-8,11,16H,9-10,12H2,(H,25,30)(H,28,29)(H,31,32). The molecular weight excluding hydrogens is 457 g/mol. The average Bonchev–Trinajstić information content (AvgIpc) is 3.15. The van der Waals surface area contributed by atoms with Crippen molar-refractivity contribution in [2.24, 2.45) is 0 Å². The van der Waals surface area contributed by atoms with E-state index in [0.29, 0.717) is 15.6 Å². The number of benzene rings is 2. The van der Waals surface area contributed by atoms with Crippen LogP contribution in [0.4, 0.5) is 0 Å². The highest BCUT2D eigenvalue weighted by Gasteiger charge is 2.23. The number of hydrogen-bond donors (Lipinski definition) is 3. The monoisotopic (exact) mass is 475 g/mol. The van der Waals surface area contributed by atoms with Crippen molar-refractivity contribution in [3.63, 3.8) is 0 Å². The van der Waals surface area contributed by atoms with Crippen molar-refractivity contribution in [2.75, 3.05) is 0 Å². The van der Waals surface area contributed by atoms with Crippen LogP contribution in [0, 0.1) is 0 Å². The smallest absolute Gasteiger partial charge is 0.354 e. The second-order valence-electron chi connectivity index (χ2n) is 7.07. The third-order valence-corrected chi connectivity index (χ3v) is 5.28. The number of nitrogens with zero attached hydrogens (tertiary/aromatic N) is 2. The third-order valence-electron chi connectivity index (χ3n) is 4.66. The molecule has 32 heavy (non-hydrogen) atoms. The zero-order valence-electron chi connectivity index (χ0n) is 16.7. The Morgan fingerprint density at radius 1 is 1.03 bits per heavy atom. The highest BCUT2D eigenvalue weighted by molar-refractivity contribution is 6.31. The Labute approximate surface area is 193 Å². The second kappa shape index (κ2) is 10.3. The van der Waals surface area contributed by atoms with Crippen LogP contribution >= 0.6 is 23.2 Å². The van der Waals surface area contributed by atoms with Crippen molar-refractivity contribution in [3.8, 4) is 0 Å². The molecule has 1 amide bonds. The summed E-state index contributed by atoms with van der Waals surface area (Å²) in [6.07, 6.45) is -0.150. The van der Waals surface area contributed by atoms with Crippen molar-refractivity contribution >= 4 is 41.0 Å². The molecule has 1 aromatic heterocycles. The van der Waals surface area contributed by atoms with Crippen LogP contribution in [-0.4, -0.2) is 43.9 Å². The highest BCUT2D eigenvalue weighted by atomic mass is 35.5. The zero-order chi connectivity index (χ0) is 23.3. The molecule has 0 saturated heterocycles. The number of carbonyl (C=O) groups is 3. The molecule has 0 bridgehead atoms. The van der Waals surface area contributed by atoms with E-state index in [-0.39, 0.29) is 30.8 Å². The number of carboxylic acids is 2. The van der Waals surface area contributed by atoms with Crippen LogP contribution in [0.3, 0.4) is 0 Å². The molecule has 0 aliphatic carbocycles.